The normalized spacial score (nSPS) is 23.1. The van der Waals surface area contributed by atoms with Crippen molar-refractivity contribution in [3.8, 4) is 0 Å². The van der Waals surface area contributed by atoms with Gasteiger partial charge in [-0.15, -0.1) is 0 Å². The van der Waals surface area contributed by atoms with Gasteiger partial charge in [0.2, 0.25) is 0 Å². The maximum Gasteiger partial charge on any atom is 0.260 e. The summed E-state index contributed by atoms with van der Waals surface area (Å²) in [4.78, 5) is 26.9. The van der Waals surface area contributed by atoms with Crippen molar-refractivity contribution in [2.75, 3.05) is 24.5 Å². The van der Waals surface area contributed by atoms with Crippen LogP contribution in [0.4, 0.5) is 5.69 Å². The molecule has 5 nitrogen and oxygen atoms in total. The maximum atomic E-state index is 12.5. The number of carbonyl (C=O) groups excluding carboxylic acids is 2. The van der Waals surface area contributed by atoms with E-state index in [4.69, 9.17) is 0 Å². The highest BCUT2D eigenvalue weighted by Gasteiger charge is 2.37. The summed E-state index contributed by atoms with van der Waals surface area (Å²) in [5.74, 6) is 0.0154. The van der Waals surface area contributed by atoms with Gasteiger partial charge in [-0.05, 0) is 38.8 Å². The van der Waals surface area contributed by atoms with Crippen molar-refractivity contribution in [1.82, 2.24) is 10.0 Å². The van der Waals surface area contributed by atoms with Crippen molar-refractivity contribution in [1.29, 1.82) is 0 Å². The van der Waals surface area contributed by atoms with Crippen LogP contribution < -0.4 is 4.90 Å². The lowest BCUT2D eigenvalue weighted by Crippen LogP contribution is -2.56. The van der Waals surface area contributed by atoms with Crippen LogP contribution in [-0.2, 0) is 9.59 Å². The zero-order chi connectivity index (χ0) is 15.0. The Morgan fingerprint density at radius 2 is 1.71 bits per heavy atom. The molecular weight excluding hydrogens is 266 g/mol. The van der Waals surface area contributed by atoms with Crippen LogP contribution in [0, 0.1) is 6.92 Å². The van der Waals surface area contributed by atoms with Gasteiger partial charge in [0, 0.05) is 12.2 Å². The lowest BCUT2D eigenvalue weighted by Gasteiger charge is -2.41. The van der Waals surface area contributed by atoms with E-state index in [9.17, 15) is 9.59 Å². The highest BCUT2D eigenvalue weighted by molar-refractivity contribution is 5.91. The predicted molar refractivity (Wildman–Crippen MR) is 80.6 cm³/mol. The van der Waals surface area contributed by atoms with Gasteiger partial charge >= 0.3 is 0 Å². The molecule has 2 amide bonds. The minimum atomic E-state index is 0.00738. The molecule has 1 atom stereocenters. The fraction of sp³-hybridized carbons (Fsp3) is 0.500. The topological polar surface area (TPSA) is 43.9 Å². The van der Waals surface area contributed by atoms with E-state index in [1.807, 2.05) is 43.0 Å². The van der Waals surface area contributed by atoms with Gasteiger partial charge < -0.3 is 4.90 Å². The summed E-state index contributed by atoms with van der Waals surface area (Å²) in [7, 11) is 0. The van der Waals surface area contributed by atoms with Crippen molar-refractivity contribution in [3.05, 3.63) is 29.8 Å². The number of fused-ring (bicyclic) bond motifs is 1. The standard InChI is InChI=1S/C16H21N3O2/c1-12-5-7-14(8-6-12)17-10-15(20)18-9-3-4-13(2)19(18)16(21)11-17/h5-8,13H,3-4,9-11H2,1-2H3/t13-/m1/s1. The van der Waals surface area contributed by atoms with Crippen LogP contribution >= 0.6 is 0 Å². The monoisotopic (exact) mass is 287 g/mol. The second kappa shape index (κ2) is 5.39. The second-order valence-corrected chi connectivity index (χ2v) is 5.94. The average Bonchev–Trinajstić information content (AvgIpc) is 2.58. The minimum absolute atomic E-state index is 0.00738. The molecule has 2 aliphatic rings. The Bertz CT molecular complexity index is 555. The summed E-state index contributed by atoms with van der Waals surface area (Å²) in [6.45, 7) is 5.21. The summed E-state index contributed by atoms with van der Waals surface area (Å²) in [6, 6.07) is 8.06. The van der Waals surface area contributed by atoms with Gasteiger partial charge in [0.15, 0.2) is 0 Å². The van der Waals surface area contributed by atoms with Crippen LogP contribution in [0.1, 0.15) is 25.3 Å². The van der Waals surface area contributed by atoms with E-state index in [0.717, 1.165) is 18.5 Å². The molecule has 0 aromatic heterocycles. The number of hydrogen-bond donors (Lipinski definition) is 0. The third kappa shape index (κ3) is 2.60. The molecule has 0 radical (unpaired) electrons. The molecular formula is C16H21N3O2. The molecule has 0 spiro atoms. The van der Waals surface area contributed by atoms with Gasteiger partial charge in [0.05, 0.1) is 19.1 Å². The van der Waals surface area contributed by atoms with Crippen LogP contribution in [0.25, 0.3) is 0 Å². The highest BCUT2D eigenvalue weighted by Crippen LogP contribution is 2.23. The molecule has 0 aliphatic carbocycles. The van der Waals surface area contributed by atoms with E-state index in [1.165, 1.54) is 5.56 Å². The molecule has 2 aliphatic heterocycles. The van der Waals surface area contributed by atoms with Crippen LogP contribution in [0.5, 0.6) is 0 Å². The van der Waals surface area contributed by atoms with E-state index in [0.29, 0.717) is 6.54 Å². The summed E-state index contributed by atoms with van der Waals surface area (Å²) in [6.07, 6.45) is 1.92. The molecule has 2 heterocycles. The number of anilines is 1. The zero-order valence-electron chi connectivity index (χ0n) is 12.6. The summed E-state index contributed by atoms with van der Waals surface area (Å²) in [5.41, 5.74) is 2.09. The third-order valence-electron chi connectivity index (χ3n) is 4.26. The highest BCUT2D eigenvalue weighted by atomic mass is 16.2. The molecule has 2 fully saturated rings. The van der Waals surface area contributed by atoms with Crippen molar-refractivity contribution in [2.24, 2.45) is 0 Å². The Hall–Kier alpha value is -2.04. The first kappa shape index (κ1) is 13.9. The van der Waals surface area contributed by atoms with E-state index in [1.54, 1.807) is 10.0 Å². The molecule has 1 aromatic carbocycles. The molecule has 2 saturated heterocycles. The van der Waals surface area contributed by atoms with Gasteiger partial charge in [0.25, 0.3) is 11.8 Å². The van der Waals surface area contributed by atoms with Crippen LogP contribution in [0.3, 0.4) is 0 Å². The number of nitrogens with zero attached hydrogens (tertiary/aromatic N) is 3. The lowest BCUT2D eigenvalue weighted by atomic mass is 10.1. The van der Waals surface area contributed by atoms with Crippen molar-refractivity contribution < 1.29 is 9.59 Å². The van der Waals surface area contributed by atoms with Crippen LogP contribution in [-0.4, -0.2) is 47.5 Å². The number of rotatable bonds is 1. The number of carbonyl (C=O) groups is 2. The average molecular weight is 287 g/mol. The van der Waals surface area contributed by atoms with Gasteiger partial charge in [-0.25, -0.2) is 10.0 Å². The summed E-state index contributed by atoms with van der Waals surface area (Å²) < 4.78 is 0. The Morgan fingerprint density at radius 1 is 1.05 bits per heavy atom. The first-order valence-corrected chi connectivity index (χ1v) is 7.50. The van der Waals surface area contributed by atoms with Gasteiger partial charge in [-0.3, -0.25) is 9.59 Å². The smallest absolute Gasteiger partial charge is 0.260 e. The molecule has 0 unspecified atom stereocenters. The van der Waals surface area contributed by atoms with Gasteiger partial charge in [-0.1, -0.05) is 17.7 Å². The molecule has 112 valence electrons. The van der Waals surface area contributed by atoms with Crippen LogP contribution in [0.15, 0.2) is 24.3 Å². The number of hydrazine groups is 1. The summed E-state index contributed by atoms with van der Waals surface area (Å²) in [5, 5.41) is 3.31. The minimum Gasteiger partial charge on any atom is -0.353 e. The number of benzene rings is 1. The molecule has 0 bridgehead atoms. The SMILES string of the molecule is Cc1ccc(N2CC(=O)N3CCC[C@@H](C)N3C(=O)C2)cc1. The van der Waals surface area contributed by atoms with Crippen molar-refractivity contribution in [3.63, 3.8) is 0 Å². The largest absolute Gasteiger partial charge is 0.353 e. The van der Waals surface area contributed by atoms with Crippen molar-refractivity contribution in [2.45, 2.75) is 32.7 Å². The fourth-order valence-corrected chi connectivity index (χ4v) is 3.10. The number of amides is 2. The van der Waals surface area contributed by atoms with E-state index < -0.39 is 0 Å². The Kier molecular flexibility index (Phi) is 3.57. The van der Waals surface area contributed by atoms with Gasteiger partial charge in [-0.2, -0.15) is 0 Å². The molecule has 0 N–H and O–H groups in total. The Labute approximate surface area is 125 Å². The Balaban J connectivity index is 1.88. The fourth-order valence-electron chi connectivity index (χ4n) is 3.10. The second-order valence-electron chi connectivity index (χ2n) is 5.94. The quantitative estimate of drug-likeness (QED) is 0.787. The molecule has 3 rings (SSSR count). The summed E-state index contributed by atoms with van der Waals surface area (Å²) >= 11 is 0. The van der Waals surface area contributed by atoms with E-state index >= 15 is 0 Å². The van der Waals surface area contributed by atoms with Crippen molar-refractivity contribution >= 4 is 17.5 Å². The Morgan fingerprint density at radius 3 is 2.43 bits per heavy atom. The van der Waals surface area contributed by atoms with E-state index in [2.05, 4.69) is 0 Å². The number of hydrogen-bond acceptors (Lipinski definition) is 3. The lowest BCUT2D eigenvalue weighted by molar-refractivity contribution is -0.169. The first-order chi connectivity index (χ1) is 10.1. The molecule has 1 aromatic rings. The molecule has 21 heavy (non-hydrogen) atoms. The first-order valence-electron chi connectivity index (χ1n) is 7.50. The third-order valence-corrected chi connectivity index (χ3v) is 4.26. The van der Waals surface area contributed by atoms with E-state index in [-0.39, 0.29) is 30.9 Å². The van der Waals surface area contributed by atoms with Crippen LogP contribution in [0.2, 0.25) is 0 Å². The number of aryl methyl sites for hydroxylation is 1. The molecule has 5 heteroatoms. The predicted octanol–water partition coefficient (Wildman–Crippen LogP) is 1.57. The maximum absolute atomic E-state index is 12.5. The van der Waals surface area contributed by atoms with Gasteiger partial charge in [0.1, 0.15) is 0 Å². The zero-order valence-corrected chi connectivity index (χ0v) is 12.6. The molecule has 0 saturated carbocycles.